The molecule has 0 aliphatic carbocycles. The second kappa shape index (κ2) is 9.99. The molecule has 1 fully saturated rings. The molecular formula is C27H26N4O4. The number of hydrogen-bond donors (Lipinski definition) is 1. The summed E-state index contributed by atoms with van der Waals surface area (Å²) in [7, 11) is 1.60. The molecule has 8 nitrogen and oxygen atoms in total. The number of para-hydroxylation sites is 1. The molecule has 0 radical (unpaired) electrons. The molecule has 2 heterocycles. The van der Waals surface area contributed by atoms with Gasteiger partial charge >= 0.3 is 0 Å². The van der Waals surface area contributed by atoms with Gasteiger partial charge in [-0.25, -0.2) is 0 Å². The van der Waals surface area contributed by atoms with Gasteiger partial charge < -0.3 is 19.7 Å². The Morgan fingerprint density at radius 1 is 0.971 bits per heavy atom. The smallest absolute Gasteiger partial charge is 0.276 e. The molecule has 1 saturated heterocycles. The summed E-state index contributed by atoms with van der Waals surface area (Å²) >= 11 is 0. The minimum absolute atomic E-state index is 0.0156. The lowest BCUT2D eigenvalue weighted by atomic mass is 10.1. The molecule has 8 heteroatoms. The van der Waals surface area contributed by atoms with Crippen molar-refractivity contribution in [1.29, 1.82) is 0 Å². The van der Waals surface area contributed by atoms with Crippen LogP contribution in [0.3, 0.4) is 0 Å². The van der Waals surface area contributed by atoms with E-state index in [4.69, 9.17) is 9.47 Å². The predicted octanol–water partition coefficient (Wildman–Crippen LogP) is 3.82. The minimum atomic E-state index is -0.281. The number of aromatic nitrogens is 2. The van der Waals surface area contributed by atoms with Crippen LogP contribution in [0.25, 0.3) is 10.9 Å². The van der Waals surface area contributed by atoms with Crippen LogP contribution in [-0.4, -0.2) is 59.9 Å². The number of morpholine rings is 1. The molecule has 5 rings (SSSR count). The van der Waals surface area contributed by atoms with Gasteiger partial charge in [0.25, 0.3) is 11.8 Å². The molecule has 0 atom stereocenters. The zero-order valence-corrected chi connectivity index (χ0v) is 19.4. The first-order chi connectivity index (χ1) is 17.1. The summed E-state index contributed by atoms with van der Waals surface area (Å²) < 4.78 is 12.3. The first-order valence-corrected chi connectivity index (χ1v) is 11.5. The van der Waals surface area contributed by atoms with E-state index in [1.807, 2.05) is 58.1 Å². The van der Waals surface area contributed by atoms with Crippen LogP contribution in [0.15, 0.2) is 72.8 Å². The Bertz CT molecular complexity index is 1340. The average Bonchev–Trinajstić information content (AvgIpc) is 3.28. The van der Waals surface area contributed by atoms with E-state index in [-0.39, 0.29) is 11.8 Å². The molecule has 2 amide bonds. The van der Waals surface area contributed by atoms with Crippen LogP contribution >= 0.6 is 0 Å². The van der Waals surface area contributed by atoms with Gasteiger partial charge in [0.15, 0.2) is 5.69 Å². The molecule has 0 spiro atoms. The van der Waals surface area contributed by atoms with Crippen LogP contribution in [0.2, 0.25) is 0 Å². The highest BCUT2D eigenvalue weighted by molar-refractivity contribution is 6.11. The fourth-order valence-electron chi connectivity index (χ4n) is 4.15. The van der Waals surface area contributed by atoms with Crippen molar-refractivity contribution in [2.45, 2.75) is 6.54 Å². The number of ether oxygens (including phenoxy) is 2. The Balaban J connectivity index is 1.35. The number of anilines is 1. The van der Waals surface area contributed by atoms with Crippen LogP contribution in [-0.2, 0) is 11.3 Å². The van der Waals surface area contributed by atoms with E-state index in [1.165, 1.54) is 0 Å². The van der Waals surface area contributed by atoms with Crippen molar-refractivity contribution in [1.82, 2.24) is 14.7 Å². The van der Waals surface area contributed by atoms with E-state index >= 15 is 0 Å². The van der Waals surface area contributed by atoms with Crippen LogP contribution in [0.1, 0.15) is 26.4 Å². The predicted molar refractivity (Wildman–Crippen MR) is 133 cm³/mol. The third-order valence-electron chi connectivity index (χ3n) is 6.05. The van der Waals surface area contributed by atoms with Gasteiger partial charge in [0, 0.05) is 29.7 Å². The molecule has 0 unspecified atom stereocenters. The molecule has 1 N–H and O–H groups in total. The van der Waals surface area contributed by atoms with Gasteiger partial charge in [0.1, 0.15) is 5.75 Å². The maximum Gasteiger partial charge on any atom is 0.276 e. The first-order valence-electron chi connectivity index (χ1n) is 11.5. The zero-order chi connectivity index (χ0) is 24.2. The number of carbonyl (C=O) groups is 2. The van der Waals surface area contributed by atoms with Crippen molar-refractivity contribution in [3.8, 4) is 5.75 Å². The highest BCUT2D eigenvalue weighted by atomic mass is 16.5. The summed E-state index contributed by atoms with van der Waals surface area (Å²) in [5, 5.41) is 8.32. The van der Waals surface area contributed by atoms with Crippen molar-refractivity contribution in [2.24, 2.45) is 0 Å². The van der Waals surface area contributed by atoms with Gasteiger partial charge in [-0.2, -0.15) is 5.10 Å². The molecule has 1 aliphatic rings. The summed E-state index contributed by atoms with van der Waals surface area (Å²) in [6.45, 7) is 2.85. The minimum Gasteiger partial charge on any atom is -0.497 e. The van der Waals surface area contributed by atoms with Crippen LogP contribution in [0, 0.1) is 0 Å². The summed E-state index contributed by atoms with van der Waals surface area (Å²) in [5.41, 5.74) is 3.52. The standard InChI is InChI=1S/C27H26N4O4/c1-34-22-12-10-21(11-13-22)28-26(32)25-23-4-2-3-5-24(23)31(29-25)18-19-6-8-20(9-7-19)27(33)30-14-16-35-17-15-30/h2-13H,14-18H2,1H3,(H,28,32). The van der Waals surface area contributed by atoms with E-state index in [2.05, 4.69) is 10.4 Å². The van der Waals surface area contributed by atoms with Gasteiger partial charge in [-0.3, -0.25) is 14.3 Å². The lowest BCUT2D eigenvalue weighted by molar-refractivity contribution is 0.0303. The Hall–Kier alpha value is -4.17. The van der Waals surface area contributed by atoms with Gasteiger partial charge in [-0.1, -0.05) is 30.3 Å². The van der Waals surface area contributed by atoms with Crippen molar-refractivity contribution in [3.05, 3.63) is 89.6 Å². The largest absolute Gasteiger partial charge is 0.497 e. The Labute approximate surface area is 203 Å². The first kappa shape index (κ1) is 22.6. The van der Waals surface area contributed by atoms with Crippen molar-refractivity contribution in [2.75, 3.05) is 38.7 Å². The SMILES string of the molecule is COc1ccc(NC(=O)c2nn(Cc3ccc(C(=O)N4CCOCC4)cc3)c3ccccc23)cc1. The number of hydrogen-bond acceptors (Lipinski definition) is 5. The maximum absolute atomic E-state index is 13.0. The number of methoxy groups -OCH3 is 1. The lowest BCUT2D eigenvalue weighted by Crippen LogP contribution is -2.40. The second-order valence-corrected chi connectivity index (χ2v) is 8.31. The number of nitrogens with zero attached hydrogens (tertiary/aromatic N) is 3. The number of fused-ring (bicyclic) bond motifs is 1. The lowest BCUT2D eigenvalue weighted by Gasteiger charge is -2.26. The van der Waals surface area contributed by atoms with E-state index < -0.39 is 0 Å². The third kappa shape index (κ3) is 4.88. The monoisotopic (exact) mass is 470 g/mol. The summed E-state index contributed by atoms with van der Waals surface area (Å²) in [6, 6.07) is 22.4. The van der Waals surface area contributed by atoms with Crippen LogP contribution in [0.4, 0.5) is 5.69 Å². The van der Waals surface area contributed by atoms with E-state index in [9.17, 15) is 9.59 Å². The van der Waals surface area contributed by atoms with Crippen LogP contribution < -0.4 is 10.1 Å². The van der Waals surface area contributed by atoms with Gasteiger partial charge in [0.2, 0.25) is 0 Å². The Morgan fingerprint density at radius 3 is 2.40 bits per heavy atom. The number of rotatable bonds is 6. The fourth-order valence-corrected chi connectivity index (χ4v) is 4.15. The molecule has 4 aromatic rings. The van der Waals surface area contributed by atoms with Crippen molar-refractivity contribution in [3.63, 3.8) is 0 Å². The van der Waals surface area contributed by atoms with Gasteiger partial charge in [-0.05, 0) is 48.0 Å². The van der Waals surface area contributed by atoms with Crippen LogP contribution in [0.5, 0.6) is 5.75 Å². The zero-order valence-electron chi connectivity index (χ0n) is 19.4. The van der Waals surface area contributed by atoms with E-state index in [0.29, 0.717) is 49.8 Å². The van der Waals surface area contributed by atoms with E-state index in [1.54, 1.807) is 31.4 Å². The number of carbonyl (C=O) groups excluding carboxylic acids is 2. The normalized spacial score (nSPS) is 13.6. The summed E-state index contributed by atoms with van der Waals surface area (Å²) in [4.78, 5) is 27.6. The fraction of sp³-hybridized carbons (Fsp3) is 0.222. The van der Waals surface area contributed by atoms with Gasteiger partial charge in [-0.15, -0.1) is 0 Å². The summed E-state index contributed by atoms with van der Waals surface area (Å²) in [6.07, 6.45) is 0. The summed E-state index contributed by atoms with van der Waals surface area (Å²) in [5.74, 6) is 0.453. The molecule has 35 heavy (non-hydrogen) atoms. The molecule has 178 valence electrons. The molecule has 3 aromatic carbocycles. The average molecular weight is 471 g/mol. The molecule has 1 aliphatic heterocycles. The van der Waals surface area contributed by atoms with E-state index in [0.717, 1.165) is 22.2 Å². The second-order valence-electron chi connectivity index (χ2n) is 8.31. The molecule has 0 bridgehead atoms. The van der Waals surface area contributed by atoms with Crippen molar-refractivity contribution >= 4 is 28.4 Å². The topological polar surface area (TPSA) is 85.7 Å². The molecule has 0 saturated carbocycles. The third-order valence-corrected chi connectivity index (χ3v) is 6.05. The number of amides is 2. The number of benzene rings is 3. The maximum atomic E-state index is 13.0. The quantitative estimate of drug-likeness (QED) is 0.463. The molecule has 1 aromatic heterocycles. The van der Waals surface area contributed by atoms with Gasteiger partial charge in [0.05, 0.1) is 32.4 Å². The Morgan fingerprint density at radius 2 is 1.69 bits per heavy atom. The number of nitrogens with one attached hydrogen (secondary N) is 1. The highest BCUT2D eigenvalue weighted by Gasteiger charge is 2.19. The van der Waals surface area contributed by atoms with Crippen molar-refractivity contribution < 1.29 is 19.1 Å². The highest BCUT2D eigenvalue weighted by Crippen LogP contribution is 2.22. The Kier molecular flexibility index (Phi) is 6.45. The molecular weight excluding hydrogens is 444 g/mol.